The molecule has 0 aliphatic heterocycles. The first-order chi connectivity index (χ1) is 11.4. The quantitative estimate of drug-likeness (QED) is 0.508. The van der Waals surface area contributed by atoms with Crippen molar-refractivity contribution in [1.29, 1.82) is 0 Å². The van der Waals surface area contributed by atoms with Crippen LogP contribution < -0.4 is 26.5 Å². The first kappa shape index (κ1) is 17.4. The summed E-state index contributed by atoms with van der Waals surface area (Å²) >= 11 is 0.0633. The number of rotatable bonds is 4. The number of carbonyl (C=O) groups is 1. The van der Waals surface area contributed by atoms with Gasteiger partial charge in [0.2, 0.25) is 0 Å². The summed E-state index contributed by atoms with van der Waals surface area (Å²) in [4.78, 5) is 15.1. The van der Waals surface area contributed by atoms with E-state index in [-0.39, 0.29) is 33.2 Å². The van der Waals surface area contributed by atoms with Crippen molar-refractivity contribution in [2.24, 2.45) is 0 Å². The summed E-state index contributed by atoms with van der Waals surface area (Å²) in [6.45, 7) is 3.87. The number of alkyl halides is 1. The molecule has 0 radical (unpaired) electrons. The van der Waals surface area contributed by atoms with E-state index < -0.39 is 11.5 Å². The van der Waals surface area contributed by atoms with Crippen LogP contribution in [-0.4, -0.2) is 22.0 Å². The predicted octanol–water partition coefficient (Wildman–Crippen LogP) is -0.373. The molecule has 1 amide bonds. The van der Waals surface area contributed by atoms with Crippen LogP contribution in [0, 0.1) is 3.57 Å². The molecule has 3 rings (SSSR count). The SMILES string of the molecule is C[I-]c1ccc(C(C)(C)C(=O)N[C@@H]2c3ccccc3C[C@@H]2O)cc1. The molecule has 2 atom stereocenters. The fraction of sp³-hybridized carbons (Fsp3) is 0.350. The number of aliphatic hydroxyl groups is 1. The molecule has 3 nitrogen and oxygen atoms in total. The van der Waals surface area contributed by atoms with Gasteiger partial charge in [-0.15, -0.1) is 0 Å². The number of hydrogen-bond acceptors (Lipinski definition) is 2. The van der Waals surface area contributed by atoms with E-state index in [0.717, 1.165) is 16.7 Å². The fourth-order valence-electron chi connectivity index (χ4n) is 3.19. The number of hydrogen-bond donors (Lipinski definition) is 2. The van der Waals surface area contributed by atoms with Crippen LogP contribution in [0.1, 0.15) is 36.6 Å². The molecule has 0 bridgehead atoms. The van der Waals surface area contributed by atoms with Gasteiger partial charge in [-0.05, 0) is 0 Å². The molecule has 4 heteroatoms. The van der Waals surface area contributed by atoms with Crippen molar-refractivity contribution >= 4 is 5.91 Å². The molecule has 0 fully saturated rings. The van der Waals surface area contributed by atoms with Crippen molar-refractivity contribution in [3.8, 4) is 0 Å². The monoisotopic (exact) mass is 436 g/mol. The van der Waals surface area contributed by atoms with Crippen molar-refractivity contribution < 1.29 is 31.1 Å². The number of carbonyl (C=O) groups excluding carboxylic acids is 1. The molecule has 1 aliphatic rings. The normalized spacial score (nSPS) is 20.0. The van der Waals surface area contributed by atoms with Crippen LogP contribution in [0.15, 0.2) is 48.5 Å². The zero-order chi connectivity index (χ0) is 17.3. The van der Waals surface area contributed by atoms with Crippen LogP contribution >= 0.6 is 0 Å². The zero-order valence-electron chi connectivity index (χ0n) is 14.2. The number of fused-ring (bicyclic) bond motifs is 1. The van der Waals surface area contributed by atoms with Gasteiger partial charge in [0.1, 0.15) is 0 Å². The third-order valence-electron chi connectivity index (χ3n) is 4.84. The second kappa shape index (κ2) is 6.84. The van der Waals surface area contributed by atoms with Crippen molar-refractivity contribution in [2.45, 2.75) is 37.8 Å². The van der Waals surface area contributed by atoms with E-state index in [2.05, 4.69) is 34.5 Å². The van der Waals surface area contributed by atoms with Gasteiger partial charge in [0.25, 0.3) is 0 Å². The van der Waals surface area contributed by atoms with Crippen molar-refractivity contribution in [3.05, 3.63) is 68.8 Å². The Morgan fingerprint density at radius 3 is 2.50 bits per heavy atom. The summed E-state index contributed by atoms with van der Waals surface area (Å²) in [5.41, 5.74) is 2.51. The molecule has 0 heterocycles. The molecule has 0 saturated carbocycles. The number of amides is 1. The molecule has 2 aromatic carbocycles. The van der Waals surface area contributed by atoms with Gasteiger partial charge in [0.05, 0.1) is 0 Å². The van der Waals surface area contributed by atoms with Crippen LogP contribution in [0.3, 0.4) is 0 Å². The first-order valence-electron chi connectivity index (χ1n) is 8.10. The van der Waals surface area contributed by atoms with E-state index >= 15 is 0 Å². The molecule has 0 unspecified atom stereocenters. The Kier molecular flexibility index (Phi) is 4.97. The van der Waals surface area contributed by atoms with Crippen LogP contribution in [0.25, 0.3) is 0 Å². The van der Waals surface area contributed by atoms with Crippen LogP contribution in [-0.2, 0) is 16.6 Å². The topological polar surface area (TPSA) is 49.3 Å². The number of benzene rings is 2. The maximum atomic E-state index is 12.9. The van der Waals surface area contributed by atoms with E-state index in [1.54, 1.807) is 0 Å². The fourth-order valence-corrected chi connectivity index (χ4v) is 4.27. The van der Waals surface area contributed by atoms with E-state index in [1.165, 1.54) is 3.57 Å². The Morgan fingerprint density at radius 1 is 1.17 bits per heavy atom. The van der Waals surface area contributed by atoms with Crippen molar-refractivity contribution in [3.63, 3.8) is 0 Å². The molecule has 2 N–H and O–H groups in total. The van der Waals surface area contributed by atoms with Crippen LogP contribution in [0.4, 0.5) is 0 Å². The summed E-state index contributed by atoms with van der Waals surface area (Å²) in [5.74, 6) is -0.0535. The minimum absolute atomic E-state index is 0.0535. The van der Waals surface area contributed by atoms with E-state index in [4.69, 9.17) is 0 Å². The minimum atomic E-state index is -0.637. The molecule has 0 saturated heterocycles. The molecule has 0 aromatic heterocycles. The first-order valence-corrected chi connectivity index (χ1v) is 11.3. The Labute approximate surface area is 153 Å². The van der Waals surface area contributed by atoms with Gasteiger partial charge in [-0.25, -0.2) is 0 Å². The van der Waals surface area contributed by atoms with Gasteiger partial charge in [-0.2, -0.15) is 0 Å². The predicted molar refractivity (Wildman–Crippen MR) is 91.1 cm³/mol. The molecule has 128 valence electrons. The second-order valence-corrected chi connectivity index (χ2v) is 9.07. The van der Waals surface area contributed by atoms with Gasteiger partial charge in [-0.1, -0.05) is 0 Å². The summed E-state index contributed by atoms with van der Waals surface area (Å²) in [6.07, 6.45) is 0.0329. The summed E-state index contributed by atoms with van der Waals surface area (Å²) in [6, 6.07) is 16.0. The van der Waals surface area contributed by atoms with E-state index in [0.29, 0.717) is 6.42 Å². The van der Waals surface area contributed by atoms with Crippen molar-refractivity contribution in [1.82, 2.24) is 5.32 Å². The third-order valence-corrected chi connectivity index (χ3v) is 6.81. The summed E-state index contributed by atoms with van der Waals surface area (Å²) in [5, 5.41) is 13.4. The van der Waals surface area contributed by atoms with E-state index in [9.17, 15) is 9.90 Å². The number of nitrogens with one attached hydrogen (secondary N) is 1. The molecule has 2 aromatic rings. The van der Waals surface area contributed by atoms with Gasteiger partial charge < -0.3 is 0 Å². The van der Waals surface area contributed by atoms with Gasteiger partial charge >= 0.3 is 154 Å². The Balaban J connectivity index is 1.80. The summed E-state index contributed by atoms with van der Waals surface area (Å²) < 4.78 is 1.37. The van der Waals surface area contributed by atoms with Gasteiger partial charge in [-0.3, -0.25) is 0 Å². The van der Waals surface area contributed by atoms with Gasteiger partial charge in [0.15, 0.2) is 0 Å². The number of aliphatic hydroxyl groups excluding tert-OH is 1. The average Bonchev–Trinajstić information content (AvgIpc) is 2.90. The summed E-state index contributed by atoms with van der Waals surface area (Å²) in [7, 11) is 0. The van der Waals surface area contributed by atoms with Crippen LogP contribution in [0.2, 0.25) is 0 Å². The zero-order valence-corrected chi connectivity index (χ0v) is 16.4. The van der Waals surface area contributed by atoms with Gasteiger partial charge in [0, 0.05) is 0 Å². The average molecular weight is 436 g/mol. The maximum absolute atomic E-state index is 12.9. The molecule has 0 spiro atoms. The Bertz CT molecular complexity index is 740. The Morgan fingerprint density at radius 2 is 1.83 bits per heavy atom. The number of halogens is 1. The standard InChI is InChI=1S/C20H23INO2/c1-20(2,14-8-10-15(21-3)11-9-14)19(24)22-18-16-7-5-4-6-13(16)12-17(18)23/h4-11,17-18,23H,12H2,1-3H3,(H,22,24)/q-1/t17-,18+/m0/s1. The van der Waals surface area contributed by atoms with Crippen molar-refractivity contribution in [2.75, 3.05) is 4.93 Å². The van der Waals surface area contributed by atoms with Crippen LogP contribution in [0.5, 0.6) is 0 Å². The molecule has 24 heavy (non-hydrogen) atoms. The second-order valence-electron chi connectivity index (χ2n) is 6.74. The molecule has 1 aliphatic carbocycles. The van der Waals surface area contributed by atoms with E-state index in [1.807, 2.05) is 38.1 Å². The molecular formula is C20H23INO2-. The third kappa shape index (κ3) is 3.22. The Hall–Kier alpha value is -1.40. The molecular weight excluding hydrogens is 413 g/mol.